The van der Waals surface area contributed by atoms with E-state index in [2.05, 4.69) is 31.0 Å². The Bertz CT molecular complexity index is 1260. The molecule has 2 fully saturated rings. The molecule has 31 heavy (non-hydrogen) atoms. The van der Waals surface area contributed by atoms with Crippen molar-refractivity contribution < 1.29 is 19.1 Å². The second-order valence-electron chi connectivity index (χ2n) is 7.23. The number of fused-ring (bicyclic) bond motifs is 1. The molecule has 1 saturated carbocycles. The molecule has 2 aromatic heterocycles. The van der Waals surface area contributed by atoms with E-state index in [0.717, 1.165) is 12.8 Å². The van der Waals surface area contributed by atoms with Gasteiger partial charge in [0.2, 0.25) is 5.95 Å². The van der Waals surface area contributed by atoms with Crippen molar-refractivity contribution in [2.75, 3.05) is 5.32 Å². The number of benzene rings is 1. The summed E-state index contributed by atoms with van der Waals surface area (Å²) < 4.78 is 7.33. The van der Waals surface area contributed by atoms with Crippen LogP contribution in [0.2, 0.25) is 0 Å². The van der Waals surface area contributed by atoms with Gasteiger partial charge in [0.15, 0.2) is 11.4 Å². The fourth-order valence-corrected chi connectivity index (χ4v) is 3.03. The van der Waals surface area contributed by atoms with Gasteiger partial charge in [-0.3, -0.25) is 14.9 Å². The Balaban J connectivity index is 1.53. The van der Waals surface area contributed by atoms with Gasteiger partial charge in [0.05, 0.1) is 6.20 Å². The van der Waals surface area contributed by atoms with E-state index < -0.39 is 11.9 Å². The van der Waals surface area contributed by atoms with Crippen molar-refractivity contribution in [2.24, 2.45) is 0 Å². The fraction of sp³-hybridized carbons (Fsp3) is 0.200. The van der Waals surface area contributed by atoms with E-state index in [1.165, 1.54) is 23.7 Å². The van der Waals surface area contributed by atoms with Crippen LogP contribution >= 0.6 is 0 Å². The molecule has 0 radical (unpaired) electrons. The monoisotopic (exact) mass is 419 g/mol. The number of anilines is 1. The van der Waals surface area contributed by atoms with Crippen LogP contribution < -0.4 is 20.7 Å². The maximum absolute atomic E-state index is 11.9. The van der Waals surface area contributed by atoms with Crippen molar-refractivity contribution in [1.29, 1.82) is 0 Å². The standard InChI is InChI=1S/C20H17N7O4/c1-10(28)11-2-6-14(7-3-11)31-20-24-16-12(8-15-17(29)25-19(30)23-15)9-21-27(16)18(26-20)22-13-4-5-13/h2-3,6-9,13H,4-5H2,1H3,(H,22,24,26)(H2,23,25,29,30)/b15-8-. The molecule has 0 atom stereocenters. The molecule has 1 saturated heterocycles. The highest BCUT2D eigenvalue weighted by molar-refractivity contribution is 6.14. The summed E-state index contributed by atoms with van der Waals surface area (Å²) in [5.74, 6) is 0.345. The van der Waals surface area contributed by atoms with Crippen LogP contribution in [0, 0.1) is 0 Å². The Morgan fingerprint density at radius 3 is 2.61 bits per heavy atom. The first kappa shape index (κ1) is 18.7. The quantitative estimate of drug-likeness (QED) is 0.313. The second kappa shape index (κ2) is 7.20. The molecule has 0 spiro atoms. The van der Waals surface area contributed by atoms with Gasteiger partial charge in [0.1, 0.15) is 11.4 Å². The summed E-state index contributed by atoms with van der Waals surface area (Å²) in [6.45, 7) is 1.49. The largest absolute Gasteiger partial charge is 0.424 e. The molecule has 11 nitrogen and oxygen atoms in total. The predicted molar refractivity (Wildman–Crippen MR) is 109 cm³/mol. The average molecular weight is 419 g/mol. The summed E-state index contributed by atoms with van der Waals surface area (Å²) in [5, 5.41) is 12.2. The number of imide groups is 1. The lowest BCUT2D eigenvalue weighted by atomic mass is 10.1. The minimum absolute atomic E-state index is 0.0416. The van der Waals surface area contributed by atoms with Crippen LogP contribution in [0.5, 0.6) is 11.8 Å². The number of hydrogen-bond donors (Lipinski definition) is 3. The first-order valence-corrected chi connectivity index (χ1v) is 9.61. The number of nitrogens with one attached hydrogen (secondary N) is 3. The van der Waals surface area contributed by atoms with Gasteiger partial charge in [0.25, 0.3) is 5.91 Å². The van der Waals surface area contributed by atoms with Gasteiger partial charge in [-0.25, -0.2) is 4.79 Å². The summed E-state index contributed by atoms with van der Waals surface area (Å²) in [7, 11) is 0. The maximum Gasteiger partial charge on any atom is 0.327 e. The molecule has 3 aromatic rings. The van der Waals surface area contributed by atoms with Crippen molar-refractivity contribution in [3.05, 3.63) is 47.3 Å². The van der Waals surface area contributed by atoms with Crippen LogP contribution in [0.3, 0.4) is 0 Å². The lowest BCUT2D eigenvalue weighted by Gasteiger charge is -2.09. The molecule has 3 N–H and O–H groups in total. The van der Waals surface area contributed by atoms with Gasteiger partial charge in [-0.05, 0) is 50.1 Å². The topological polar surface area (TPSA) is 140 Å². The van der Waals surface area contributed by atoms with Crippen LogP contribution in [0.4, 0.5) is 10.7 Å². The Kier molecular flexibility index (Phi) is 4.35. The molecular formula is C20H17N7O4. The number of nitrogens with zero attached hydrogens (tertiary/aromatic N) is 4. The van der Waals surface area contributed by atoms with Gasteiger partial charge < -0.3 is 15.4 Å². The zero-order valence-corrected chi connectivity index (χ0v) is 16.4. The average Bonchev–Trinajstić information content (AvgIpc) is 3.37. The third-order valence-corrected chi connectivity index (χ3v) is 4.78. The van der Waals surface area contributed by atoms with Gasteiger partial charge >= 0.3 is 12.0 Å². The number of ketones is 1. The minimum atomic E-state index is -0.587. The molecule has 156 valence electrons. The Morgan fingerprint density at radius 1 is 1.19 bits per heavy atom. The number of carbonyl (C=O) groups excluding carboxylic acids is 3. The van der Waals surface area contributed by atoms with E-state index in [1.807, 2.05) is 0 Å². The number of rotatable bonds is 6. The lowest BCUT2D eigenvalue weighted by Crippen LogP contribution is -2.22. The van der Waals surface area contributed by atoms with Crippen LogP contribution in [0.15, 0.2) is 36.2 Å². The van der Waals surface area contributed by atoms with Crippen molar-refractivity contribution in [3.8, 4) is 11.8 Å². The SMILES string of the molecule is CC(=O)c1ccc(Oc2nc(NC3CC3)n3ncc(/C=C4\NC(=O)NC4=O)c3n2)cc1. The summed E-state index contributed by atoms with van der Waals surface area (Å²) in [4.78, 5) is 43.6. The van der Waals surface area contributed by atoms with Crippen molar-refractivity contribution >= 4 is 35.4 Å². The number of urea groups is 1. The molecule has 3 heterocycles. The second-order valence-corrected chi connectivity index (χ2v) is 7.23. The molecule has 1 aliphatic carbocycles. The van der Waals surface area contributed by atoms with E-state index in [9.17, 15) is 14.4 Å². The summed E-state index contributed by atoms with van der Waals surface area (Å²) in [6.07, 6.45) is 5.07. The van der Waals surface area contributed by atoms with Crippen LogP contribution in [0.25, 0.3) is 11.7 Å². The highest BCUT2D eigenvalue weighted by Gasteiger charge is 2.26. The third-order valence-electron chi connectivity index (χ3n) is 4.78. The van der Waals surface area contributed by atoms with E-state index >= 15 is 0 Å². The Morgan fingerprint density at radius 2 is 1.97 bits per heavy atom. The summed E-state index contributed by atoms with van der Waals surface area (Å²) in [6, 6.07) is 6.44. The summed E-state index contributed by atoms with van der Waals surface area (Å²) >= 11 is 0. The zero-order valence-electron chi connectivity index (χ0n) is 16.4. The third kappa shape index (κ3) is 3.80. The highest BCUT2D eigenvalue weighted by atomic mass is 16.5. The van der Waals surface area contributed by atoms with Gasteiger partial charge in [-0.2, -0.15) is 19.6 Å². The Hall–Kier alpha value is -4.28. The molecule has 5 rings (SSSR count). The molecule has 2 aliphatic rings. The van der Waals surface area contributed by atoms with Gasteiger partial charge in [-0.1, -0.05) is 0 Å². The molecule has 3 amide bonds. The molecular weight excluding hydrogens is 402 g/mol. The number of carbonyl (C=O) groups is 3. The van der Waals surface area contributed by atoms with E-state index in [1.54, 1.807) is 24.3 Å². The number of aromatic nitrogens is 4. The summed E-state index contributed by atoms with van der Waals surface area (Å²) in [5.41, 5.74) is 1.57. The molecule has 11 heteroatoms. The molecule has 0 unspecified atom stereocenters. The Labute approximate surface area is 175 Å². The normalized spacial score (nSPS) is 17.0. The van der Waals surface area contributed by atoms with E-state index in [4.69, 9.17) is 4.74 Å². The smallest absolute Gasteiger partial charge is 0.327 e. The number of amides is 3. The number of Topliss-reactive ketones (excluding diaryl/α,β-unsaturated/α-hetero) is 1. The molecule has 1 aromatic carbocycles. The first-order valence-electron chi connectivity index (χ1n) is 9.61. The maximum atomic E-state index is 11.9. The van der Waals surface area contributed by atoms with E-state index in [-0.39, 0.29) is 17.5 Å². The molecule has 1 aliphatic heterocycles. The van der Waals surface area contributed by atoms with Gasteiger partial charge in [-0.15, -0.1) is 0 Å². The van der Waals surface area contributed by atoms with E-state index in [0.29, 0.717) is 34.5 Å². The number of ether oxygens (including phenoxy) is 1. The van der Waals surface area contributed by atoms with Crippen molar-refractivity contribution in [2.45, 2.75) is 25.8 Å². The minimum Gasteiger partial charge on any atom is -0.424 e. The van der Waals surface area contributed by atoms with Crippen LogP contribution in [0.1, 0.15) is 35.7 Å². The van der Waals surface area contributed by atoms with Crippen molar-refractivity contribution in [1.82, 2.24) is 30.2 Å². The number of hydrogen-bond acceptors (Lipinski definition) is 8. The van der Waals surface area contributed by atoms with Crippen LogP contribution in [-0.2, 0) is 4.79 Å². The molecule has 0 bridgehead atoms. The lowest BCUT2D eigenvalue weighted by molar-refractivity contribution is -0.115. The van der Waals surface area contributed by atoms with Gasteiger partial charge in [0, 0.05) is 17.2 Å². The first-order chi connectivity index (χ1) is 15.0. The van der Waals surface area contributed by atoms with Crippen molar-refractivity contribution in [3.63, 3.8) is 0 Å². The highest BCUT2D eigenvalue weighted by Crippen LogP contribution is 2.27. The zero-order chi connectivity index (χ0) is 21.5. The fourth-order valence-electron chi connectivity index (χ4n) is 3.03. The predicted octanol–water partition coefficient (Wildman–Crippen LogP) is 1.87. The van der Waals surface area contributed by atoms with Crippen LogP contribution in [-0.4, -0.2) is 43.3 Å².